The van der Waals surface area contributed by atoms with E-state index < -0.39 is 6.36 Å². The van der Waals surface area contributed by atoms with Crippen molar-refractivity contribution in [2.75, 3.05) is 25.0 Å². The number of thiazole rings is 1. The zero-order chi connectivity index (χ0) is 27.2. The molecule has 0 spiro atoms. The summed E-state index contributed by atoms with van der Waals surface area (Å²) in [5.74, 6) is 0.516. The van der Waals surface area contributed by atoms with Crippen molar-refractivity contribution in [1.29, 1.82) is 0 Å². The molecule has 2 aromatic carbocycles. The number of halogens is 3. The molecule has 0 bridgehead atoms. The van der Waals surface area contributed by atoms with Crippen LogP contribution in [0.3, 0.4) is 0 Å². The van der Waals surface area contributed by atoms with E-state index in [-0.39, 0.29) is 11.7 Å². The molecule has 1 saturated heterocycles. The lowest BCUT2D eigenvalue weighted by Gasteiger charge is -2.30. The summed E-state index contributed by atoms with van der Waals surface area (Å²) in [7, 11) is 0. The van der Waals surface area contributed by atoms with Crippen LogP contribution >= 0.6 is 11.3 Å². The number of para-hydroxylation sites is 1. The minimum atomic E-state index is -4.76. The van der Waals surface area contributed by atoms with E-state index in [9.17, 15) is 18.0 Å². The molecule has 5 rings (SSSR count). The van der Waals surface area contributed by atoms with E-state index in [1.807, 2.05) is 18.2 Å². The van der Waals surface area contributed by atoms with Crippen molar-refractivity contribution in [2.45, 2.75) is 25.1 Å². The first-order valence-corrected chi connectivity index (χ1v) is 13.4. The number of carbonyl (C=O) groups excluding carboxylic acids is 1. The van der Waals surface area contributed by atoms with Crippen molar-refractivity contribution in [3.63, 3.8) is 0 Å². The summed E-state index contributed by atoms with van der Waals surface area (Å²) in [5.41, 5.74) is 2.21. The number of nitrogens with one attached hydrogen (secondary N) is 1. The summed E-state index contributed by atoms with van der Waals surface area (Å²) in [4.78, 5) is 20.1. The number of nitrogens with zero attached hydrogens (tertiary/aromatic N) is 2. The molecule has 4 aromatic rings. The Hall–Kier alpha value is -3.89. The number of rotatable bonds is 8. The third kappa shape index (κ3) is 7.15. The van der Waals surface area contributed by atoms with E-state index >= 15 is 0 Å². The third-order valence-corrected chi connectivity index (χ3v) is 7.46. The molecule has 202 valence electrons. The van der Waals surface area contributed by atoms with Gasteiger partial charge in [0, 0.05) is 29.1 Å². The number of benzene rings is 2. The minimum Gasteiger partial charge on any atom is -0.465 e. The van der Waals surface area contributed by atoms with Gasteiger partial charge in [-0.3, -0.25) is 9.69 Å². The van der Waals surface area contributed by atoms with Gasteiger partial charge in [0.25, 0.3) is 5.91 Å². The summed E-state index contributed by atoms with van der Waals surface area (Å²) in [6.07, 6.45) is 2.93. The predicted octanol–water partition coefficient (Wildman–Crippen LogP) is 7.45. The third-order valence-electron chi connectivity index (χ3n) is 6.45. The minimum absolute atomic E-state index is 0.307. The second-order valence-electron chi connectivity index (χ2n) is 9.14. The summed E-state index contributed by atoms with van der Waals surface area (Å²) < 4.78 is 46.7. The first-order chi connectivity index (χ1) is 18.8. The smallest absolute Gasteiger partial charge is 0.465 e. The highest BCUT2D eigenvalue weighted by Crippen LogP contribution is 2.33. The van der Waals surface area contributed by atoms with Crippen LogP contribution < -0.4 is 10.1 Å². The van der Waals surface area contributed by atoms with Gasteiger partial charge in [-0.25, -0.2) is 4.98 Å². The van der Waals surface area contributed by atoms with Crippen LogP contribution in [0, 0.1) is 0 Å². The number of likely N-dealkylation sites (tertiary alicyclic amines) is 1. The molecule has 1 aliphatic heterocycles. The highest BCUT2D eigenvalue weighted by molar-refractivity contribution is 7.10. The number of ether oxygens (including phenoxy) is 1. The molecule has 1 N–H and O–H groups in total. The molecular weight excluding hydrogens is 527 g/mol. The molecule has 2 aromatic heterocycles. The maximum absolute atomic E-state index is 13.0. The molecule has 0 unspecified atom stereocenters. The number of anilines is 1. The average Bonchev–Trinajstić information content (AvgIpc) is 3.62. The van der Waals surface area contributed by atoms with Crippen LogP contribution in [0.2, 0.25) is 0 Å². The Morgan fingerprint density at radius 2 is 1.87 bits per heavy atom. The maximum atomic E-state index is 13.0. The van der Waals surface area contributed by atoms with E-state index in [2.05, 4.69) is 26.0 Å². The van der Waals surface area contributed by atoms with Crippen molar-refractivity contribution in [2.24, 2.45) is 0 Å². The second kappa shape index (κ2) is 11.9. The van der Waals surface area contributed by atoms with Crippen molar-refractivity contribution < 1.29 is 27.1 Å². The highest BCUT2D eigenvalue weighted by atomic mass is 32.1. The fraction of sp³-hybridized carbons (Fsp3) is 0.241. The molecule has 0 radical (unpaired) electrons. The second-order valence-corrected chi connectivity index (χ2v) is 10.0. The van der Waals surface area contributed by atoms with Crippen LogP contribution in [-0.2, 0) is 0 Å². The molecule has 0 atom stereocenters. The molecule has 1 fully saturated rings. The Labute approximate surface area is 227 Å². The van der Waals surface area contributed by atoms with Crippen LogP contribution in [0.15, 0.2) is 82.8 Å². The zero-order valence-electron chi connectivity index (χ0n) is 20.9. The van der Waals surface area contributed by atoms with Crippen molar-refractivity contribution in [3.05, 3.63) is 94.8 Å². The SMILES string of the molecule is O=C(Nc1ccccc1-c1ccc(OC(F)(F)F)cc1)c1csc(C2CCN(CC=Cc3ccco3)CC2)n1. The Morgan fingerprint density at radius 1 is 1.10 bits per heavy atom. The predicted molar refractivity (Wildman–Crippen MR) is 145 cm³/mol. The van der Waals surface area contributed by atoms with Crippen molar-refractivity contribution >= 4 is 29.0 Å². The molecule has 3 heterocycles. The van der Waals surface area contributed by atoms with Crippen LogP contribution in [0.1, 0.15) is 40.0 Å². The molecular formula is C29H26F3N3O3S. The Balaban J connectivity index is 1.18. The first kappa shape index (κ1) is 26.7. The van der Waals surface area contributed by atoms with Crippen LogP contribution in [-0.4, -0.2) is 41.8 Å². The molecule has 10 heteroatoms. The van der Waals surface area contributed by atoms with Crippen molar-refractivity contribution in [1.82, 2.24) is 9.88 Å². The lowest BCUT2D eigenvalue weighted by Crippen LogP contribution is -2.33. The van der Waals surface area contributed by atoms with Gasteiger partial charge < -0.3 is 14.5 Å². The van der Waals surface area contributed by atoms with Gasteiger partial charge in [-0.05, 0) is 67.9 Å². The molecule has 0 aliphatic carbocycles. The van der Waals surface area contributed by atoms with Gasteiger partial charge in [0.1, 0.15) is 17.2 Å². The number of aromatic nitrogens is 1. The number of hydrogen-bond donors (Lipinski definition) is 1. The largest absolute Gasteiger partial charge is 0.573 e. The molecule has 0 saturated carbocycles. The highest BCUT2D eigenvalue weighted by Gasteiger charge is 2.31. The van der Waals surface area contributed by atoms with Crippen LogP contribution in [0.25, 0.3) is 17.2 Å². The number of amides is 1. The van der Waals surface area contributed by atoms with Crippen molar-refractivity contribution in [3.8, 4) is 16.9 Å². The summed E-state index contributed by atoms with van der Waals surface area (Å²) in [5, 5.41) is 5.64. The van der Waals surface area contributed by atoms with Crippen LogP contribution in [0.5, 0.6) is 5.75 Å². The lowest BCUT2D eigenvalue weighted by molar-refractivity contribution is -0.274. The number of alkyl halides is 3. The van der Waals surface area contributed by atoms with E-state index in [1.54, 1.807) is 35.9 Å². The van der Waals surface area contributed by atoms with E-state index in [0.29, 0.717) is 28.4 Å². The Kier molecular flexibility index (Phi) is 8.13. The number of furan rings is 1. The number of carbonyl (C=O) groups is 1. The van der Waals surface area contributed by atoms with Gasteiger partial charge in [0.2, 0.25) is 0 Å². The number of hydrogen-bond acceptors (Lipinski definition) is 6. The Morgan fingerprint density at radius 3 is 2.59 bits per heavy atom. The number of piperidine rings is 1. The molecule has 1 amide bonds. The topological polar surface area (TPSA) is 67.6 Å². The molecule has 6 nitrogen and oxygen atoms in total. The van der Waals surface area contributed by atoms with E-state index in [0.717, 1.165) is 43.2 Å². The van der Waals surface area contributed by atoms with Gasteiger partial charge in [-0.1, -0.05) is 36.4 Å². The summed E-state index contributed by atoms with van der Waals surface area (Å²) >= 11 is 1.50. The van der Waals surface area contributed by atoms with E-state index in [1.165, 1.54) is 35.6 Å². The lowest BCUT2D eigenvalue weighted by atomic mass is 9.97. The van der Waals surface area contributed by atoms with E-state index in [4.69, 9.17) is 4.42 Å². The van der Waals surface area contributed by atoms with Crippen LogP contribution in [0.4, 0.5) is 18.9 Å². The zero-order valence-corrected chi connectivity index (χ0v) is 21.7. The van der Waals surface area contributed by atoms with Gasteiger partial charge in [-0.2, -0.15) is 0 Å². The first-order valence-electron chi connectivity index (χ1n) is 12.5. The average molecular weight is 554 g/mol. The maximum Gasteiger partial charge on any atom is 0.573 e. The van der Waals surface area contributed by atoms with Gasteiger partial charge in [-0.15, -0.1) is 24.5 Å². The monoisotopic (exact) mass is 553 g/mol. The standard InChI is InChI=1S/C29H26F3N3O3S/c30-29(31,32)38-23-11-9-20(10-12-23)24-7-1-2-8-25(24)33-27(36)26-19-39-28(34-26)21-13-16-35(17-14-21)15-3-5-22-6-4-18-37-22/h1-12,18-19,21H,13-17H2,(H,33,36). The molecule has 1 aliphatic rings. The Bertz CT molecular complexity index is 1410. The van der Waals surface area contributed by atoms with Gasteiger partial charge in [0.15, 0.2) is 0 Å². The fourth-order valence-corrected chi connectivity index (χ4v) is 5.48. The summed E-state index contributed by atoms with van der Waals surface area (Å²) in [6, 6.07) is 16.4. The normalized spacial score (nSPS) is 15.1. The van der Waals surface area contributed by atoms with Gasteiger partial charge >= 0.3 is 6.36 Å². The molecule has 39 heavy (non-hydrogen) atoms. The fourth-order valence-electron chi connectivity index (χ4n) is 4.51. The quantitative estimate of drug-likeness (QED) is 0.246. The van der Waals surface area contributed by atoms with Gasteiger partial charge in [0.05, 0.1) is 11.3 Å². The summed E-state index contributed by atoms with van der Waals surface area (Å²) in [6.45, 7) is 2.76.